The number of carbonyl (C=O) groups is 2. The summed E-state index contributed by atoms with van der Waals surface area (Å²) in [4.78, 5) is 41.0. The number of non-ortho nitro benzene ring substituents is 1. The molecule has 1 aromatic heterocycles. The second kappa shape index (κ2) is 13.9. The van der Waals surface area contributed by atoms with Gasteiger partial charge >= 0.3 is 0 Å². The molecule has 0 saturated carbocycles. The molecule has 12 heteroatoms. The third-order valence-electron chi connectivity index (χ3n) is 9.26. The van der Waals surface area contributed by atoms with Crippen molar-refractivity contribution >= 4 is 28.9 Å². The highest BCUT2D eigenvalue weighted by molar-refractivity contribution is 6.07. The Morgan fingerprint density at radius 2 is 1.88 bits per heavy atom. The number of nitro groups is 1. The highest BCUT2D eigenvalue weighted by Gasteiger charge is 2.53. The van der Waals surface area contributed by atoms with E-state index in [4.69, 9.17) is 0 Å². The number of hydrogen-bond donors (Lipinski definition) is 2. The Morgan fingerprint density at radius 3 is 2.62 bits per heavy atom. The predicted octanol–water partition coefficient (Wildman–Crippen LogP) is 4.84. The van der Waals surface area contributed by atoms with Crippen molar-refractivity contribution in [1.82, 2.24) is 15.0 Å². The first-order chi connectivity index (χ1) is 23.2. The summed E-state index contributed by atoms with van der Waals surface area (Å²) in [6.45, 7) is 2.83. The Morgan fingerprint density at radius 1 is 1.06 bits per heavy atom. The maximum Gasteiger partial charge on any atom is 0.269 e. The Bertz CT molecular complexity index is 1840. The number of rotatable bonds is 12. The first-order valence-corrected chi connectivity index (χ1v) is 16.2. The molecule has 0 radical (unpaired) electrons. The highest BCUT2D eigenvalue weighted by Crippen LogP contribution is 2.47. The average molecular weight is 651 g/mol. The summed E-state index contributed by atoms with van der Waals surface area (Å²) in [6, 6.07) is 21.2. The average Bonchev–Trinajstić information content (AvgIpc) is 3.65. The van der Waals surface area contributed by atoms with E-state index >= 15 is 0 Å². The zero-order valence-corrected chi connectivity index (χ0v) is 26.7. The summed E-state index contributed by atoms with van der Waals surface area (Å²) in [5, 5.41) is 42.2. The number of aliphatic hydroxyl groups excluding tert-OH is 1. The fourth-order valence-electron chi connectivity index (χ4n) is 6.57. The number of aliphatic hydroxyl groups is 2. The van der Waals surface area contributed by atoms with Crippen LogP contribution in [0.5, 0.6) is 0 Å². The van der Waals surface area contributed by atoms with Crippen LogP contribution in [0, 0.1) is 16.0 Å². The summed E-state index contributed by atoms with van der Waals surface area (Å²) < 4.78 is 1.68. The van der Waals surface area contributed by atoms with Gasteiger partial charge in [0, 0.05) is 55.0 Å². The molecule has 1 fully saturated rings. The SMILES string of the molecule is C[C@@H](/C=C/CCn1cc(C(CO)c2ccccc2)nn1)[C@]1(O)C(=O)N(Cc2cccc(N3CCCCC3=O)c2)c2ccc([N+](=O)[O-])cc21. The van der Waals surface area contributed by atoms with Crippen LogP contribution in [0.4, 0.5) is 17.1 Å². The molecule has 6 rings (SSSR count). The lowest BCUT2D eigenvalue weighted by atomic mass is 9.82. The molecule has 4 aromatic rings. The van der Waals surface area contributed by atoms with Crippen LogP contribution in [-0.2, 0) is 28.3 Å². The van der Waals surface area contributed by atoms with E-state index < -0.39 is 22.3 Å². The molecule has 0 aliphatic carbocycles. The molecule has 3 heterocycles. The fourth-order valence-corrected chi connectivity index (χ4v) is 6.57. The molecule has 48 heavy (non-hydrogen) atoms. The number of piperidine rings is 1. The molecule has 0 spiro atoms. The van der Waals surface area contributed by atoms with Crippen molar-refractivity contribution in [3.05, 3.63) is 124 Å². The molecular formula is C36H38N6O6. The summed E-state index contributed by atoms with van der Waals surface area (Å²) in [6.07, 6.45) is 8.18. The highest BCUT2D eigenvalue weighted by atomic mass is 16.6. The van der Waals surface area contributed by atoms with Gasteiger partial charge in [-0.3, -0.25) is 24.4 Å². The monoisotopic (exact) mass is 650 g/mol. The minimum absolute atomic E-state index is 0.0640. The molecule has 3 atom stereocenters. The normalized spacial score (nSPS) is 19.1. The number of nitro benzene ring substituents is 1. The maximum atomic E-state index is 14.1. The molecule has 2 aliphatic heterocycles. The Hall–Kier alpha value is -5.20. The summed E-state index contributed by atoms with van der Waals surface area (Å²) in [7, 11) is 0. The van der Waals surface area contributed by atoms with Gasteiger partial charge < -0.3 is 20.0 Å². The van der Waals surface area contributed by atoms with Gasteiger partial charge in [-0.1, -0.05) is 66.8 Å². The van der Waals surface area contributed by atoms with Crippen molar-refractivity contribution in [2.45, 2.75) is 57.2 Å². The summed E-state index contributed by atoms with van der Waals surface area (Å²) in [5.41, 5.74) is 1.43. The van der Waals surface area contributed by atoms with Crippen molar-refractivity contribution in [1.29, 1.82) is 0 Å². The second-order valence-corrected chi connectivity index (χ2v) is 12.3. The zero-order valence-electron chi connectivity index (χ0n) is 26.7. The number of carbonyl (C=O) groups excluding carboxylic acids is 2. The van der Waals surface area contributed by atoms with Crippen molar-refractivity contribution in [3.8, 4) is 0 Å². The maximum absolute atomic E-state index is 14.1. The molecule has 2 aliphatic rings. The van der Waals surface area contributed by atoms with Gasteiger partial charge in [-0.2, -0.15) is 0 Å². The number of nitrogens with zero attached hydrogens (tertiary/aromatic N) is 6. The molecule has 1 saturated heterocycles. The lowest BCUT2D eigenvalue weighted by molar-refractivity contribution is -0.385. The van der Waals surface area contributed by atoms with Crippen LogP contribution in [0.2, 0.25) is 0 Å². The van der Waals surface area contributed by atoms with Crippen molar-refractivity contribution in [3.63, 3.8) is 0 Å². The van der Waals surface area contributed by atoms with Gasteiger partial charge in [0.1, 0.15) is 0 Å². The number of amides is 2. The molecule has 248 valence electrons. The number of aromatic nitrogens is 3. The zero-order chi connectivity index (χ0) is 33.8. The van der Waals surface area contributed by atoms with Gasteiger partial charge in [0.15, 0.2) is 5.60 Å². The van der Waals surface area contributed by atoms with Gasteiger partial charge in [-0.15, -0.1) is 5.10 Å². The minimum Gasteiger partial charge on any atom is -0.395 e. The Kier molecular flexibility index (Phi) is 9.47. The lowest BCUT2D eigenvalue weighted by Gasteiger charge is -2.28. The summed E-state index contributed by atoms with van der Waals surface area (Å²) >= 11 is 0. The first-order valence-electron chi connectivity index (χ1n) is 16.2. The molecule has 0 bridgehead atoms. The number of hydrogen-bond acceptors (Lipinski definition) is 8. The molecule has 3 aromatic carbocycles. The number of aryl methyl sites for hydroxylation is 1. The standard InChI is InChI=1S/C36H38N6O6/c1-25(10-5-7-18-39-23-32(37-38-39)30(24-43)27-12-3-2-4-13-27)36(46)31-21-29(42(47)48)16-17-33(31)41(35(36)45)22-26-11-9-14-28(20-26)40-19-8-6-15-34(40)44/h2-5,9-14,16-17,20-21,23,25,30,43,46H,6-8,15,18-19,22,24H2,1H3/b10-5+/t25-,30?,36+/m0/s1. The van der Waals surface area contributed by atoms with Crippen molar-refractivity contribution in [2.24, 2.45) is 5.92 Å². The summed E-state index contributed by atoms with van der Waals surface area (Å²) in [5.74, 6) is -1.53. The van der Waals surface area contributed by atoms with Gasteiger partial charge in [0.2, 0.25) is 5.91 Å². The molecule has 1 unspecified atom stereocenters. The van der Waals surface area contributed by atoms with Gasteiger partial charge in [0.25, 0.3) is 11.6 Å². The fraction of sp³-hybridized carbons (Fsp3) is 0.333. The van der Waals surface area contributed by atoms with Crippen LogP contribution in [0.25, 0.3) is 0 Å². The van der Waals surface area contributed by atoms with E-state index in [0.29, 0.717) is 37.3 Å². The van der Waals surface area contributed by atoms with Crippen LogP contribution in [0.15, 0.2) is 91.1 Å². The van der Waals surface area contributed by atoms with Gasteiger partial charge in [-0.25, -0.2) is 0 Å². The van der Waals surface area contributed by atoms with Gasteiger partial charge in [-0.05, 0) is 48.6 Å². The van der Waals surface area contributed by atoms with E-state index in [1.54, 1.807) is 28.8 Å². The van der Waals surface area contributed by atoms with Crippen molar-refractivity contribution in [2.75, 3.05) is 23.0 Å². The number of benzene rings is 3. The quantitative estimate of drug-likeness (QED) is 0.125. The number of anilines is 2. The number of fused-ring (bicyclic) bond motifs is 1. The smallest absolute Gasteiger partial charge is 0.269 e. The van der Waals surface area contributed by atoms with E-state index in [9.17, 15) is 29.9 Å². The molecular weight excluding hydrogens is 612 g/mol. The first kappa shape index (κ1) is 32.7. The van der Waals surface area contributed by atoms with E-state index in [2.05, 4.69) is 10.3 Å². The Balaban J connectivity index is 1.19. The Labute approximate surface area is 278 Å². The molecule has 2 N–H and O–H groups in total. The van der Waals surface area contributed by atoms with Crippen molar-refractivity contribution < 1.29 is 24.7 Å². The van der Waals surface area contributed by atoms with E-state index in [1.165, 1.54) is 23.1 Å². The topological polar surface area (TPSA) is 155 Å². The third kappa shape index (κ3) is 6.36. The molecule has 12 nitrogen and oxygen atoms in total. The predicted molar refractivity (Wildman–Crippen MR) is 179 cm³/mol. The number of allylic oxidation sites excluding steroid dienone is 1. The van der Waals surface area contributed by atoms with Crippen LogP contribution < -0.4 is 9.80 Å². The van der Waals surface area contributed by atoms with E-state index in [-0.39, 0.29) is 36.2 Å². The van der Waals surface area contributed by atoms with Crippen LogP contribution in [0.1, 0.15) is 60.9 Å². The largest absolute Gasteiger partial charge is 0.395 e. The van der Waals surface area contributed by atoms with Crippen LogP contribution >= 0.6 is 0 Å². The van der Waals surface area contributed by atoms with Crippen LogP contribution in [0.3, 0.4) is 0 Å². The lowest BCUT2D eigenvalue weighted by Crippen LogP contribution is -2.44. The second-order valence-electron chi connectivity index (χ2n) is 12.3. The van der Waals surface area contributed by atoms with Gasteiger partial charge in [0.05, 0.1) is 35.4 Å². The van der Waals surface area contributed by atoms with E-state index in [0.717, 1.165) is 29.7 Å². The van der Waals surface area contributed by atoms with Crippen LogP contribution in [-0.4, -0.2) is 55.1 Å². The molecule has 2 amide bonds. The third-order valence-corrected chi connectivity index (χ3v) is 9.26. The van der Waals surface area contributed by atoms with E-state index in [1.807, 2.05) is 60.7 Å². The minimum atomic E-state index is -2.04.